The Morgan fingerprint density at radius 3 is 1.68 bits per heavy atom. The first kappa shape index (κ1) is 23.8. The van der Waals surface area contributed by atoms with Crippen LogP contribution in [0.4, 0.5) is 0 Å². The van der Waals surface area contributed by atoms with Crippen molar-refractivity contribution in [2.24, 2.45) is 23.2 Å². The van der Waals surface area contributed by atoms with Gasteiger partial charge in [-0.25, -0.2) is 0 Å². The van der Waals surface area contributed by atoms with Crippen LogP contribution in [0.2, 0.25) is 0 Å². The van der Waals surface area contributed by atoms with Crippen molar-refractivity contribution in [1.82, 2.24) is 0 Å². The minimum absolute atomic E-state index is 0.0417. The van der Waals surface area contributed by atoms with Gasteiger partial charge in [0, 0.05) is 0 Å². The average Bonchev–Trinajstić information content (AvgIpc) is 2.74. The van der Waals surface area contributed by atoms with Crippen LogP contribution < -0.4 is 0 Å². The fraction of sp³-hybridized carbons (Fsp3) is 0.963. The second kappa shape index (κ2) is 13.7. The molecule has 0 aromatic heterocycles. The number of rotatable bonds is 13. The second-order valence-electron chi connectivity index (χ2n) is 10.5. The predicted molar refractivity (Wildman–Crippen MR) is 122 cm³/mol. The van der Waals surface area contributed by atoms with Gasteiger partial charge in [-0.15, -0.1) is 0 Å². The van der Waals surface area contributed by atoms with E-state index in [1.165, 1.54) is 128 Å². The number of hydrogen-bond acceptors (Lipinski definition) is 1. The molecule has 1 heteroatoms. The summed E-state index contributed by atoms with van der Waals surface area (Å²) in [5.74, 6) is 2.99. The Labute approximate surface area is 177 Å². The molecule has 2 aliphatic carbocycles. The lowest BCUT2D eigenvalue weighted by molar-refractivity contribution is 0.170. The molecular weight excluding hydrogens is 338 g/mol. The van der Waals surface area contributed by atoms with E-state index < -0.39 is 0 Å². The zero-order valence-electron chi connectivity index (χ0n) is 19.3. The maximum atomic E-state index is 9.78. The Morgan fingerprint density at radius 1 is 0.643 bits per heavy atom. The molecule has 0 radical (unpaired) electrons. The largest absolute Gasteiger partial charge is 0.198 e. The summed E-state index contributed by atoms with van der Waals surface area (Å²) < 4.78 is 0. The number of nitriles is 1. The van der Waals surface area contributed by atoms with Gasteiger partial charge in [0.2, 0.25) is 0 Å². The van der Waals surface area contributed by atoms with E-state index in [0.717, 1.165) is 17.8 Å². The zero-order chi connectivity index (χ0) is 20.1. The lowest BCUT2D eigenvalue weighted by Gasteiger charge is -2.36. The second-order valence-corrected chi connectivity index (χ2v) is 10.5. The molecule has 0 heterocycles. The van der Waals surface area contributed by atoms with Crippen LogP contribution in [0.3, 0.4) is 0 Å². The molecular formula is C27H49N. The van der Waals surface area contributed by atoms with E-state index in [-0.39, 0.29) is 5.41 Å². The van der Waals surface area contributed by atoms with Crippen LogP contribution in [0.15, 0.2) is 0 Å². The molecule has 0 aromatic rings. The molecule has 2 fully saturated rings. The Balaban J connectivity index is 1.57. The van der Waals surface area contributed by atoms with Gasteiger partial charge in [-0.1, -0.05) is 110 Å². The van der Waals surface area contributed by atoms with Crippen molar-refractivity contribution in [3.63, 3.8) is 0 Å². The molecule has 0 aromatic carbocycles. The molecule has 0 unspecified atom stereocenters. The van der Waals surface area contributed by atoms with Gasteiger partial charge in [-0.05, 0) is 49.9 Å². The van der Waals surface area contributed by atoms with Crippen molar-refractivity contribution in [1.29, 1.82) is 5.26 Å². The zero-order valence-corrected chi connectivity index (χ0v) is 19.3. The molecule has 0 spiro atoms. The van der Waals surface area contributed by atoms with Crippen LogP contribution in [0.5, 0.6) is 0 Å². The van der Waals surface area contributed by atoms with Gasteiger partial charge < -0.3 is 0 Å². The normalized spacial score (nSPS) is 30.8. The van der Waals surface area contributed by atoms with Gasteiger partial charge in [-0.2, -0.15) is 5.26 Å². The first-order valence-electron chi connectivity index (χ1n) is 13.1. The van der Waals surface area contributed by atoms with E-state index in [1.807, 2.05) is 0 Å². The highest BCUT2D eigenvalue weighted by molar-refractivity contribution is 5.01. The highest BCUT2D eigenvalue weighted by Gasteiger charge is 2.35. The lowest BCUT2D eigenvalue weighted by atomic mass is 9.67. The van der Waals surface area contributed by atoms with Gasteiger partial charge in [0.25, 0.3) is 0 Å². The van der Waals surface area contributed by atoms with Gasteiger partial charge in [0.15, 0.2) is 0 Å². The van der Waals surface area contributed by atoms with Crippen LogP contribution in [0.1, 0.15) is 142 Å². The maximum absolute atomic E-state index is 9.78. The molecule has 28 heavy (non-hydrogen) atoms. The molecule has 162 valence electrons. The Morgan fingerprint density at radius 2 is 1.14 bits per heavy atom. The van der Waals surface area contributed by atoms with E-state index >= 15 is 0 Å². The summed E-state index contributed by atoms with van der Waals surface area (Å²) in [6.07, 6.45) is 27.6. The quantitative estimate of drug-likeness (QED) is 0.289. The average molecular weight is 388 g/mol. The minimum atomic E-state index is 0.0417. The van der Waals surface area contributed by atoms with Gasteiger partial charge >= 0.3 is 0 Å². The molecule has 2 rings (SSSR count). The molecule has 2 aliphatic rings. The molecule has 0 amide bonds. The lowest BCUT2D eigenvalue weighted by Crippen LogP contribution is -2.26. The smallest absolute Gasteiger partial charge is 0.0689 e. The van der Waals surface area contributed by atoms with Crippen LogP contribution in [-0.4, -0.2) is 0 Å². The minimum Gasteiger partial charge on any atom is -0.198 e. The van der Waals surface area contributed by atoms with Crippen LogP contribution in [-0.2, 0) is 0 Å². The summed E-state index contributed by atoms with van der Waals surface area (Å²) in [6, 6.07) is 2.75. The summed E-state index contributed by atoms with van der Waals surface area (Å²) in [7, 11) is 0. The highest BCUT2D eigenvalue weighted by atomic mass is 14.4. The molecule has 0 saturated heterocycles. The van der Waals surface area contributed by atoms with Crippen molar-refractivity contribution in [3.8, 4) is 6.07 Å². The SMILES string of the molecule is CCCCCC[C@H]1CC[C@H](CC[C@H]2CC[C@@](C#N)(CCCCCC)CC2)CC1. The summed E-state index contributed by atoms with van der Waals surface area (Å²) in [5.41, 5.74) is 0.0417. The fourth-order valence-corrected chi connectivity index (χ4v) is 5.97. The van der Waals surface area contributed by atoms with Crippen LogP contribution >= 0.6 is 0 Å². The van der Waals surface area contributed by atoms with Crippen molar-refractivity contribution >= 4 is 0 Å². The van der Waals surface area contributed by atoms with E-state index in [1.54, 1.807) is 0 Å². The van der Waals surface area contributed by atoms with E-state index in [2.05, 4.69) is 19.9 Å². The van der Waals surface area contributed by atoms with E-state index in [4.69, 9.17) is 0 Å². The van der Waals surface area contributed by atoms with Crippen molar-refractivity contribution in [2.45, 2.75) is 142 Å². The molecule has 0 bridgehead atoms. The fourth-order valence-electron chi connectivity index (χ4n) is 5.97. The van der Waals surface area contributed by atoms with Gasteiger partial charge in [0.1, 0.15) is 0 Å². The van der Waals surface area contributed by atoms with Crippen LogP contribution in [0.25, 0.3) is 0 Å². The molecule has 1 nitrogen and oxygen atoms in total. The Kier molecular flexibility index (Phi) is 11.6. The molecule has 0 atom stereocenters. The third-order valence-corrected chi connectivity index (χ3v) is 8.22. The summed E-state index contributed by atoms with van der Waals surface area (Å²) in [6.45, 7) is 4.58. The summed E-state index contributed by atoms with van der Waals surface area (Å²) >= 11 is 0. The number of nitrogens with zero attached hydrogens (tertiary/aromatic N) is 1. The number of unbranched alkanes of at least 4 members (excludes halogenated alkanes) is 6. The summed E-state index contributed by atoms with van der Waals surface area (Å²) in [4.78, 5) is 0. The first-order valence-corrected chi connectivity index (χ1v) is 13.1. The maximum Gasteiger partial charge on any atom is 0.0689 e. The van der Waals surface area contributed by atoms with Gasteiger partial charge in [-0.3, -0.25) is 0 Å². The predicted octanol–water partition coefficient (Wildman–Crippen LogP) is 9.21. The van der Waals surface area contributed by atoms with Crippen molar-refractivity contribution in [3.05, 3.63) is 0 Å². The van der Waals surface area contributed by atoms with Crippen LogP contribution in [0, 0.1) is 34.5 Å². The third kappa shape index (κ3) is 8.47. The Bertz CT molecular complexity index is 418. The number of hydrogen-bond donors (Lipinski definition) is 0. The van der Waals surface area contributed by atoms with Gasteiger partial charge in [0.05, 0.1) is 11.5 Å². The topological polar surface area (TPSA) is 23.8 Å². The Hall–Kier alpha value is -0.510. The van der Waals surface area contributed by atoms with Crippen molar-refractivity contribution in [2.75, 3.05) is 0 Å². The third-order valence-electron chi connectivity index (χ3n) is 8.22. The first-order chi connectivity index (χ1) is 13.7. The molecule has 2 saturated carbocycles. The van der Waals surface area contributed by atoms with Crippen molar-refractivity contribution < 1.29 is 0 Å². The van der Waals surface area contributed by atoms with E-state index in [9.17, 15) is 5.26 Å². The van der Waals surface area contributed by atoms with E-state index in [0.29, 0.717) is 0 Å². The summed E-state index contributed by atoms with van der Waals surface area (Å²) in [5, 5.41) is 9.78. The molecule has 0 N–H and O–H groups in total. The molecule has 0 aliphatic heterocycles. The monoisotopic (exact) mass is 387 g/mol. The highest BCUT2D eigenvalue weighted by Crippen LogP contribution is 2.44. The standard InChI is InChI=1S/C27H49N/c1-3-5-7-9-11-24-12-14-25(15-13-24)16-17-26-18-21-27(23-28,22-19-26)20-10-8-6-4-2/h24-26H,3-22H2,1-2H3/t24-,25-,26-,27-.